The molecule has 6 nitrogen and oxygen atoms in total. The third kappa shape index (κ3) is 6.68. The van der Waals surface area contributed by atoms with Crippen molar-refractivity contribution >= 4 is 11.9 Å². The second-order valence-electron chi connectivity index (χ2n) is 7.51. The van der Waals surface area contributed by atoms with Gasteiger partial charge in [0.15, 0.2) is 0 Å². The number of hydrogen-bond donors (Lipinski definition) is 0. The third-order valence-corrected chi connectivity index (χ3v) is 4.63. The van der Waals surface area contributed by atoms with Crippen LogP contribution in [0.5, 0.6) is 0 Å². The predicted molar refractivity (Wildman–Crippen MR) is 112 cm³/mol. The Bertz CT molecular complexity index is 822. The average Bonchev–Trinajstić information content (AvgIpc) is 2.69. The van der Waals surface area contributed by atoms with Crippen LogP contribution in [-0.2, 0) is 19.6 Å². The Morgan fingerprint density at radius 1 is 0.800 bits per heavy atom. The van der Waals surface area contributed by atoms with E-state index in [1.165, 1.54) is 0 Å². The fourth-order valence-electron chi connectivity index (χ4n) is 2.81. The van der Waals surface area contributed by atoms with Crippen molar-refractivity contribution in [1.29, 1.82) is 0 Å². The van der Waals surface area contributed by atoms with Gasteiger partial charge in [-0.15, -0.1) is 9.78 Å². The standard InChI is InChI=1S/C24H28O6/c1-7-15(2)14-22(27-29-23(25)20-10-8-16(3)12-18(20)5)28-30-24(26)21-11-9-17(4)13-19(21)6/h8-13,15H,1,7,14H2,2-6H3. The lowest BCUT2D eigenvalue weighted by atomic mass is 10.1. The summed E-state index contributed by atoms with van der Waals surface area (Å²) >= 11 is 0. The first-order valence-electron chi connectivity index (χ1n) is 9.78. The lowest BCUT2D eigenvalue weighted by Gasteiger charge is -2.17. The van der Waals surface area contributed by atoms with Gasteiger partial charge in [-0.05, 0) is 56.9 Å². The Morgan fingerprint density at radius 2 is 1.23 bits per heavy atom. The maximum Gasteiger partial charge on any atom is 0.373 e. The monoisotopic (exact) mass is 412 g/mol. The lowest BCUT2D eigenvalue weighted by Crippen LogP contribution is -2.18. The minimum absolute atomic E-state index is 0.0552. The van der Waals surface area contributed by atoms with Gasteiger partial charge < -0.3 is 0 Å². The zero-order chi connectivity index (χ0) is 22.3. The van der Waals surface area contributed by atoms with Crippen molar-refractivity contribution in [1.82, 2.24) is 0 Å². The SMILES string of the molecule is [CH2]CC(C)C[C](OOC(=O)c1ccc(C)cc1C)OOC(=O)c1ccc(C)cc1C. The predicted octanol–water partition coefficient (Wildman–Crippen LogP) is 5.54. The molecule has 0 bridgehead atoms. The van der Waals surface area contributed by atoms with E-state index in [-0.39, 0.29) is 18.6 Å². The molecule has 2 aromatic rings. The van der Waals surface area contributed by atoms with E-state index in [2.05, 4.69) is 6.92 Å². The summed E-state index contributed by atoms with van der Waals surface area (Å²) in [5, 5.41) is 0. The largest absolute Gasteiger partial charge is 0.373 e. The highest BCUT2D eigenvalue weighted by molar-refractivity contribution is 5.91. The van der Waals surface area contributed by atoms with Gasteiger partial charge in [0.1, 0.15) is 0 Å². The highest BCUT2D eigenvalue weighted by atomic mass is 17.3. The van der Waals surface area contributed by atoms with Gasteiger partial charge in [0.25, 0.3) is 0 Å². The van der Waals surface area contributed by atoms with Gasteiger partial charge in [-0.1, -0.05) is 55.7 Å². The number of carbonyl (C=O) groups excluding carboxylic acids is 2. The summed E-state index contributed by atoms with van der Waals surface area (Å²) in [6, 6.07) is 10.7. The second-order valence-corrected chi connectivity index (χ2v) is 7.51. The molecule has 2 rings (SSSR count). The minimum Gasteiger partial charge on any atom is -0.289 e. The molecule has 1 atom stereocenters. The molecular weight excluding hydrogens is 384 g/mol. The molecular formula is C24H28O6. The number of hydrogen-bond acceptors (Lipinski definition) is 6. The van der Waals surface area contributed by atoms with Crippen LogP contribution in [0.3, 0.4) is 0 Å². The Kier molecular flexibility index (Phi) is 8.57. The minimum atomic E-state index is -0.670. The zero-order valence-electron chi connectivity index (χ0n) is 18.1. The van der Waals surface area contributed by atoms with Gasteiger partial charge in [0.2, 0.25) is 0 Å². The van der Waals surface area contributed by atoms with Crippen molar-refractivity contribution in [3.05, 3.63) is 83.0 Å². The molecule has 0 spiro atoms. The van der Waals surface area contributed by atoms with Crippen LogP contribution >= 0.6 is 0 Å². The van der Waals surface area contributed by atoms with Crippen LogP contribution in [0.2, 0.25) is 0 Å². The molecule has 0 aliphatic carbocycles. The first-order valence-corrected chi connectivity index (χ1v) is 9.78. The van der Waals surface area contributed by atoms with Crippen LogP contribution in [0.25, 0.3) is 0 Å². The van der Waals surface area contributed by atoms with Gasteiger partial charge >= 0.3 is 18.2 Å². The van der Waals surface area contributed by atoms with E-state index in [1.54, 1.807) is 38.1 Å². The normalized spacial score (nSPS) is 12.0. The first kappa shape index (κ1) is 23.6. The molecule has 0 saturated carbocycles. The van der Waals surface area contributed by atoms with Crippen molar-refractivity contribution in [3.63, 3.8) is 0 Å². The molecule has 160 valence electrons. The quantitative estimate of drug-likeness (QED) is 0.398. The molecule has 6 heteroatoms. The molecule has 0 aromatic heterocycles. The Hall–Kier alpha value is -2.70. The van der Waals surface area contributed by atoms with Crippen LogP contribution in [0.15, 0.2) is 36.4 Å². The molecule has 0 aliphatic rings. The molecule has 1 unspecified atom stereocenters. The van der Waals surface area contributed by atoms with E-state index in [0.717, 1.165) is 22.3 Å². The van der Waals surface area contributed by atoms with Crippen molar-refractivity contribution in [3.8, 4) is 0 Å². The maximum absolute atomic E-state index is 12.3. The molecule has 0 fully saturated rings. The van der Waals surface area contributed by atoms with Gasteiger partial charge in [-0.25, -0.2) is 9.59 Å². The Morgan fingerprint density at radius 3 is 1.60 bits per heavy atom. The topological polar surface area (TPSA) is 71.1 Å². The summed E-state index contributed by atoms with van der Waals surface area (Å²) < 4.78 is 0. The lowest BCUT2D eigenvalue weighted by molar-refractivity contribution is -0.365. The number of rotatable bonds is 9. The van der Waals surface area contributed by atoms with E-state index in [4.69, 9.17) is 19.6 Å². The first-order chi connectivity index (χ1) is 14.2. The molecule has 2 aromatic carbocycles. The molecule has 2 radical (unpaired) electrons. The fourth-order valence-corrected chi connectivity index (χ4v) is 2.81. The Labute approximate surface area is 178 Å². The third-order valence-electron chi connectivity index (χ3n) is 4.63. The van der Waals surface area contributed by atoms with Crippen LogP contribution in [0.4, 0.5) is 0 Å². The van der Waals surface area contributed by atoms with E-state index in [9.17, 15) is 9.59 Å². The summed E-state index contributed by atoms with van der Waals surface area (Å²) in [7, 11) is 0. The number of carbonyl (C=O) groups is 2. The summed E-state index contributed by atoms with van der Waals surface area (Å²) in [5.74, 6) is -1.28. The van der Waals surface area contributed by atoms with Crippen LogP contribution in [0.1, 0.15) is 62.7 Å². The van der Waals surface area contributed by atoms with Crippen molar-refractivity contribution < 1.29 is 29.1 Å². The maximum atomic E-state index is 12.3. The van der Waals surface area contributed by atoms with Crippen molar-refractivity contribution in [2.45, 2.75) is 47.5 Å². The van der Waals surface area contributed by atoms with Gasteiger partial charge in [0.05, 0.1) is 11.1 Å². The molecule has 0 aliphatic heterocycles. The number of benzene rings is 2. The van der Waals surface area contributed by atoms with Crippen molar-refractivity contribution in [2.24, 2.45) is 5.92 Å². The van der Waals surface area contributed by atoms with Gasteiger partial charge in [0, 0.05) is 6.42 Å². The smallest absolute Gasteiger partial charge is 0.289 e. The zero-order valence-corrected chi connectivity index (χ0v) is 18.1. The highest BCUT2D eigenvalue weighted by Crippen LogP contribution is 2.22. The van der Waals surface area contributed by atoms with Gasteiger partial charge in [-0.2, -0.15) is 0 Å². The molecule has 30 heavy (non-hydrogen) atoms. The molecule has 0 heterocycles. The highest BCUT2D eigenvalue weighted by Gasteiger charge is 2.24. The van der Waals surface area contributed by atoms with E-state index >= 15 is 0 Å². The molecule has 0 N–H and O–H groups in total. The van der Waals surface area contributed by atoms with E-state index < -0.39 is 11.9 Å². The van der Waals surface area contributed by atoms with E-state index in [0.29, 0.717) is 17.5 Å². The molecule has 0 saturated heterocycles. The van der Waals surface area contributed by atoms with Crippen LogP contribution < -0.4 is 0 Å². The summed E-state index contributed by atoms with van der Waals surface area (Å²) in [5.41, 5.74) is 4.33. The Balaban J connectivity index is 2.00. The van der Waals surface area contributed by atoms with Crippen molar-refractivity contribution in [2.75, 3.05) is 0 Å². The number of aryl methyl sites for hydroxylation is 4. The summed E-state index contributed by atoms with van der Waals surface area (Å²) in [4.78, 5) is 44.7. The van der Waals surface area contributed by atoms with Gasteiger partial charge in [-0.3, -0.25) is 9.78 Å². The fraction of sp³-hybridized carbons (Fsp3) is 0.333. The van der Waals surface area contributed by atoms with Crippen LogP contribution in [-0.4, -0.2) is 11.9 Å². The van der Waals surface area contributed by atoms with Crippen LogP contribution in [0, 0.1) is 46.8 Å². The van der Waals surface area contributed by atoms with E-state index in [1.807, 2.05) is 32.9 Å². The molecule has 0 amide bonds. The summed E-state index contributed by atoms with van der Waals surface area (Å²) in [6.45, 7) is 13.2. The second kappa shape index (κ2) is 10.9. The average molecular weight is 412 g/mol. The summed E-state index contributed by atoms with van der Waals surface area (Å²) in [6.07, 6.45) is 0.693.